The van der Waals surface area contributed by atoms with Gasteiger partial charge in [-0.25, -0.2) is 4.98 Å². The standard InChI is InChI=1S/C17H25N5O/c1-3-16-10-20-17(23-16)13-21(2)15-6-8-22(12-15)11-14(9-19)5-4-7-18/h10,14-15H,3-6,8,11-13H2,1-2H3/t14-,15+/m1/s1. The van der Waals surface area contributed by atoms with Gasteiger partial charge >= 0.3 is 0 Å². The SMILES string of the molecule is CCc1cnc(CN(C)[C@H]2CCN(C[C@@H](C#N)CCC#N)C2)o1. The van der Waals surface area contributed by atoms with E-state index in [4.69, 9.17) is 9.68 Å². The summed E-state index contributed by atoms with van der Waals surface area (Å²) in [6, 6.07) is 4.91. The van der Waals surface area contributed by atoms with Crippen LogP contribution in [0.4, 0.5) is 0 Å². The van der Waals surface area contributed by atoms with Crippen LogP contribution in [-0.2, 0) is 13.0 Å². The van der Waals surface area contributed by atoms with Gasteiger partial charge in [0.2, 0.25) is 5.89 Å². The fourth-order valence-electron chi connectivity index (χ4n) is 3.01. The molecule has 1 aliphatic rings. The lowest BCUT2D eigenvalue weighted by molar-refractivity contribution is 0.201. The van der Waals surface area contributed by atoms with Gasteiger partial charge in [0.1, 0.15) is 5.76 Å². The van der Waals surface area contributed by atoms with E-state index >= 15 is 0 Å². The Kier molecular flexibility index (Phi) is 6.58. The molecule has 1 fully saturated rings. The zero-order chi connectivity index (χ0) is 16.7. The third kappa shape index (κ3) is 5.06. The average molecular weight is 315 g/mol. The molecular weight excluding hydrogens is 290 g/mol. The third-order valence-corrected chi connectivity index (χ3v) is 4.47. The van der Waals surface area contributed by atoms with Crippen molar-refractivity contribution in [2.75, 3.05) is 26.7 Å². The minimum absolute atomic E-state index is 0.0439. The summed E-state index contributed by atoms with van der Waals surface area (Å²) in [4.78, 5) is 8.93. The number of likely N-dealkylation sites (N-methyl/N-ethyl adjacent to an activating group) is 1. The van der Waals surface area contributed by atoms with E-state index in [1.165, 1.54) is 0 Å². The molecule has 1 saturated heterocycles. The van der Waals surface area contributed by atoms with Crippen LogP contribution in [0.15, 0.2) is 10.6 Å². The van der Waals surface area contributed by atoms with E-state index in [0.717, 1.165) is 44.1 Å². The Morgan fingerprint density at radius 1 is 1.52 bits per heavy atom. The van der Waals surface area contributed by atoms with E-state index in [-0.39, 0.29) is 5.92 Å². The Balaban J connectivity index is 1.79. The first-order valence-electron chi connectivity index (χ1n) is 8.29. The molecular formula is C17H25N5O. The molecule has 0 aliphatic carbocycles. The molecule has 1 aromatic heterocycles. The van der Waals surface area contributed by atoms with Crippen molar-refractivity contribution in [3.63, 3.8) is 0 Å². The van der Waals surface area contributed by atoms with Crippen molar-refractivity contribution in [3.05, 3.63) is 17.8 Å². The van der Waals surface area contributed by atoms with E-state index in [0.29, 0.717) is 25.4 Å². The summed E-state index contributed by atoms with van der Waals surface area (Å²) < 4.78 is 5.68. The molecule has 1 aromatic rings. The van der Waals surface area contributed by atoms with Crippen LogP contribution >= 0.6 is 0 Å². The van der Waals surface area contributed by atoms with Crippen molar-refractivity contribution >= 4 is 0 Å². The van der Waals surface area contributed by atoms with Gasteiger partial charge in [0.25, 0.3) is 0 Å². The highest BCUT2D eigenvalue weighted by Gasteiger charge is 2.27. The summed E-state index contributed by atoms with van der Waals surface area (Å²) in [7, 11) is 2.10. The van der Waals surface area contributed by atoms with Crippen LogP contribution in [0, 0.1) is 28.6 Å². The highest BCUT2D eigenvalue weighted by Crippen LogP contribution is 2.19. The fraction of sp³-hybridized carbons (Fsp3) is 0.706. The molecule has 0 radical (unpaired) electrons. The topological polar surface area (TPSA) is 80.1 Å². The Morgan fingerprint density at radius 2 is 2.35 bits per heavy atom. The lowest BCUT2D eigenvalue weighted by atomic mass is 10.1. The zero-order valence-corrected chi connectivity index (χ0v) is 14.0. The maximum atomic E-state index is 9.19. The van der Waals surface area contributed by atoms with Crippen LogP contribution in [0.2, 0.25) is 0 Å². The van der Waals surface area contributed by atoms with Gasteiger partial charge in [-0.15, -0.1) is 0 Å². The molecule has 0 unspecified atom stereocenters. The molecule has 2 rings (SSSR count). The van der Waals surface area contributed by atoms with Crippen molar-refractivity contribution in [1.29, 1.82) is 10.5 Å². The molecule has 6 nitrogen and oxygen atoms in total. The first-order valence-corrected chi connectivity index (χ1v) is 8.29. The number of aryl methyl sites for hydroxylation is 1. The third-order valence-electron chi connectivity index (χ3n) is 4.47. The van der Waals surface area contributed by atoms with Gasteiger partial charge in [0.15, 0.2) is 0 Å². The molecule has 0 spiro atoms. The molecule has 0 aromatic carbocycles. The number of hydrogen-bond donors (Lipinski definition) is 0. The summed E-state index contributed by atoms with van der Waals surface area (Å²) >= 11 is 0. The molecule has 0 amide bonds. The van der Waals surface area contributed by atoms with E-state index < -0.39 is 0 Å². The molecule has 6 heteroatoms. The molecule has 124 valence electrons. The molecule has 23 heavy (non-hydrogen) atoms. The van der Waals surface area contributed by atoms with Gasteiger partial charge < -0.3 is 9.32 Å². The van der Waals surface area contributed by atoms with Crippen molar-refractivity contribution in [2.45, 2.75) is 45.2 Å². The summed E-state index contributed by atoms with van der Waals surface area (Å²) in [5.41, 5.74) is 0. The second-order valence-corrected chi connectivity index (χ2v) is 6.21. The molecule has 0 saturated carbocycles. The quantitative estimate of drug-likeness (QED) is 0.731. The van der Waals surface area contributed by atoms with Crippen molar-refractivity contribution < 1.29 is 4.42 Å². The number of nitriles is 2. The van der Waals surface area contributed by atoms with E-state index in [1.54, 1.807) is 6.20 Å². The average Bonchev–Trinajstić information content (AvgIpc) is 3.20. The minimum atomic E-state index is -0.0439. The number of oxazole rings is 1. The van der Waals surface area contributed by atoms with Crippen molar-refractivity contribution in [2.24, 2.45) is 5.92 Å². The van der Waals surface area contributed by atoms with Gasteiger partial charge in [-0.2, -0.15) is 10.5 Å². The number of rotatable bonds is 8. The largest absolute Gasteiger partial charge is 0.444 e. The monoisotopic (exact) mass is 315 g/mol. The van der Waals surface area contributed by atoms with Gasteiger partial charge in [-0.05, 0) is 26.4 Å². The van der Waals surface area contributed by atoms with Crippen LogP contribution < -0.4 is 0 Å². The highest BCUT2D eigenvalue weighted by atomic mass is 16.4. The van der Waals surface area contributed by atoms with Crippen molar-refractivity contribution in [1.82, 2.24) is 14.8 Å². The highest BCUT2D eigenvalue weighted by molar-refractivity contribution is 4.95. The molecule has 0 bridgehead atoms. The van der Waals surface area contributed by atoms with E-state index in [2.05, 4.69) is 40.9 Å². The van der Waals surface area contributed by atoms with Crippen LogP contribution in [0.3, 0.4) is 0 Å². The Hall–Kier alpha value is -1.89. The predicted molar refractivity (Wildman–Crippen MR) is 86.1 cm³/mol. The first-order chi connectivity index (χ1) is 11.2. The van der Waals surface area contributed by atoms with Crippen LogP contribution in [0.25, 0.3) is 0 Å². The molecule has 1 aliphatic heterocycles. The second-order valence-electron chi connectivity index (χ2n) is 6.21. The van der Waals surface area contributed by atoms with Crippen LogP contribution in [-0.4, -0.2) is 47.5 Å². The maximum absolute atomic E-state index is 9.19. The van der Waals surface area contributed by atoms with Crippen molar-refractivity contribution in [3.8, 4) is 12.1 Å². The smallest absolute Gasteiger partial charge is 0.208 e. The Labute approximate surface area is 138 Å². The van der Waals surface area contributed by atoms with E-state index in [1.807, 2.05) is 0 Å². The summed E-state index contributed by atoms with van der Waals surface area (Å²) in [6.07, 6.45) is 4.89. The number of likely N-dealkylation sites (tertiary alicyclic amines) is 1. The molecule has 0 N–H and O–H groups in total. The normalized spacial score (nSPS) is 19.6. The number of aromatic nitrogens is 1. The van der Waals surface area contributed by atoms with Crippen LogP contribution in [0.1, 0.15) is 37.8 Å². The lowest BCUT2D eigenvalue weighted by Gasteiger charge is -2.24. The fourth-order valence-corrected chi connectivity index (χ4v) is 3.01. The summed E-state index contributed by atoms with van der Waals surface area (Å²) in [6.45, 7) is 5.50. The molecule has 2 heterocycles. The predicted octanol–water partition coefficient (Wildman–Crippen LogP) is 2.19. The summed E-state index contributed by atoms with van der Waals surface area (Å²) in [5, 5.41) is 17.8. The first kappa shape index (κ1) is 17.5. The number of nitrogens with zero attached hydrogens (tertiary/aromatic N) is 5. The van der Waals surface area contributed by atoms with Crippen LogP contribution in [0.5, 0.6) is 0 Å². The maximum Gasteiger partial charge on any atom is 0.208 e. The van der Waals surface area contributed by atoms with Gasteiger partial charge in [0.05, 0.1) is 30.8 Å². The second kappa shape index (κ2) is 8.67. The number of hydrogen-bond acceptors (Lipinski definition) is 6. The van der Waals surface area contributed by atoms with Gasteiger partial charge in [0, 0.05) is 32.0 Å². The Bertz CT molecular complexity index is 570. The summed E-state index contributed by atoms with van der Waals surface area (Å²) in [5.74, 6) is 1.65. The lowest BCUT2D eigenvalue weighted by Crippen LogP contribution is -2.35. The van der Waals surface area contributed by atoms with E-state index in [9.17, 15) is 5.26 Å². The molecule has 2 atom stereocenters. The minimum Gasteiger partial charge on any atom is -0.444 e. The zero-order valence-electron chi connectivity index (χ0n) is 14.0. The van der Waals surface area contributed by atoms with Gasteiger partial charge in [-0.1, -0.05) is 6.92 Å². The van der Waals surface area contributed by atoms with Gasteiger partial charge in [-0.3, -0.25) is 4.90 Å². The Morgan fingerprint density at radius 3 is 3.00 bits per heavy atom.